The van der Waals surface area contributed by atoms with Crippen LogP contribution in [0.1, 0.15) is 24.6 Å². The highest BCUT2D eigenvalue weighted by Gasteiger charge is 2.06. The van der Waals surface area contributed by atoms with Crippen LogP contribution in [-0.4, -0.2) is 15.6 Å². The lowest BCUT2D eigenvalue weighted by Crippen LogP contribution is -2.21. The van der Waals surface area contributed by atoms with Crippen LogP contribution in [0.15, 0.2) is 30.7 Å². The molecular weight excluding hydrogens is 281 g/mol. The minimum atomic E-state index is 0.169. The number of benzene rings is 1. The molecule has 1 aromatic heterocycles. The first-order valence-electron chi connectivity index (χ1n) is 6.28. The van der Waals surface area contributed by atoms with Crippen LogP contribution in [0, 0.1) is 0 Å². The zero-order valence-corrected chi connectivity index (χ0v) is 12.3. The van der Waals surface area contributed by atoms with Crippen molar-refractivity contribution in [3.63, 3.8) is 0 Å². The largest absolute Gasteiger partial charge is 0.333 e. The molecular formula is C14H17Cl2N3. The molecule has 1 unspecified atom stereocenters. The molecule has 2 aromatic rings. The van der Waals surface area contributed by atoms with Crippen molar-refractivity contribution >= 4 is 23.2 Å². The van der Waals surface area contributed by atoms with Crippen molar-refractivity contribution in [1.29, 1.82) is 0 Å². The molecule has 0 radical (unpaired) electrons. The zero-order chi connectivity index (χ0) is 13.8. The number of imidazole rings is 1. The van der Waals surface area contributed by atoms with Gasteiger partial charge in [-0.2, -0.15) is 0 Å². The van der Waals surface area contributed by atoms with E-state index in [0.29, 0.717) is 16.6 Å². The van der Waals surface area contributed by atoms with Crippen molar-refractivity contribution in [1.82, 2.24) is 9.55 Å². The van der Waals surface area contributed by atoms with Gasteiger partial charge in [0, 0.05) is 35.2 Å². The highest BCUT2D eigenvalue weighted by molar-refractivity contribution is 6.35. The topological polar surface area (TPSA) is 43.8 Å². The van der Waals surface area contributed by atoms with Crippen molar-refractivity contribution in [3.05, 3.63) is 52.0 Å². The number of rotatable bonds is 5. The predicted octanol–water partition coefficient (Wildman–Crippen LogP) is 3.52. The fraction of sp³-hybridized carbons (Fsp3) is 0.357. The Bertz CT molecular complexity index is 551. The molecule has 3 nitrogen and oxygen atoms in total. The van der Waals surface area contributed by atoms with Crippen LogP contribution in [0.4, 0.5) is 0 Å². The summed E-state index contributed by atoms with van der Waals surface area (Å²) < 4.78 is 2.01. The number of nitrogens with two attached hydrogens (primary N) is 1. The van der Waals surface area contributed by atoms with E-state index in [4.69, 9.17) is 28.9 Å². The molecule has 0 saturated carbocycles. The van der Waals surface area contributed by atoms with Crippen molar-refractivity contribution in [3.8, 4) is 0 Å². The Balaban J connectivity index is 2.07. The lowest BCUT2D eigenvalue weighted by Gasteiger charge is -2.06. The highest BCUT2D eigenvalue weighted by Crippen LogP contribution is 2.21. The van der Waals surface area contributed by atoms with Gasteiger partial charge >= 0.3 is 0 Å². The summed E-state index contributed by atoms with van der Waals surface area (Å²) in [4.78, 5) is 4.36. The van der Waals surface area contributed by atoms with Crippen LogP contribution in [0.3, 0.4) is 0 Å². The molecule has 0 amide bonds. The summed E-state index contributed by atoms with van der Waals surface area (Å²) in [7, 11) is 0. The Morgan fingerprint density at radius 2 is 2.16 bits per heavy atom. The Morgan fingerprint density at radius 1 is 1.37 bits per heavy atom. The molecule has 0 saturated heterocycles. The second-order valence-corrected chi connectivity index (χ2v) is 5.49. The maximum atomic E-state index is 6.15. The van der Waals surface area contributed by atoms with E-state index in [0.717, 1.165) is 24.1 Å². The van der Waals surface area contributed by atoms with Gasteiger partial charge in [0.05, 0.1) is 12.0 Å². The molecule has 2 N–H and O–H groups in total. The van der Waals surface area contributed by atoms with E-state index in [1.165, 1.54) is 0 Å². The van der Waals surface area contributed by atoms with E-state index in [1.54, 1.807) is 6.07 Å². The first-order valence-corrected chi connectivity index (χ1v) is 7.04. The number of hydrogen-bond donors (Lipinski definition) is 1. The second-order valence-electron chi connectivity index (χ2n) is 4.65. The molecule has 1 heterocycles. The van der Waals surface area contributed by atoms with Gasteiger partial charge in [-0.1, -0.05) is 36.2 Å². The van der Waals surface area contributed by atoms with Crippen molar-refractivity contribution < 1.29 is 0 Å². The number of hydrogen-bond acceptors (Lipinski definition) is 2. The maximum absolute atomic E-state index is 6.15. The van der Waals surface area contributed by atoms with Crippen LogP contribution in [0.5, 0.6) is 0 Å². The number of nitrogens with zero attached hydrogens (tertiary/aromatic N) is 2. The quantitative estimate of drug-likeness (QED) is 0.918. The molecule has 5 heteroatoms. The fourth-order valence-electron chi connectivity index (χ4n) is 1.86. The minimum absolute atomic E-state index is 0.169. The summed E-state index contributed by atoms with van der Waals surface area (Å²) in [5.41, 5.74) is 7.96. The average Bonchev–Trinajstić information content (AvgIpc) is 2.80. The van der Waals surface area contributed by atoms with Crippen LogP contribution in [-0.2, 0) is 13.0 Å². The fourth-order valence-corrected chi connectivity index (χ4v) is 2.33. The molecule has 2 rings (SSSR count). The normalized spacial score (nSPS) is 12.6. The molecule has 0 aliphatic rings. The smallest absolute Gasteiger partial charge is 0.0952 e. The van der Waals surface area contributed by atoms with Gasteiger partial charge in [0.15, 0.2) is 0 Å². The van der Waals surface area contributed by atoms with Crippen molar-refractivity contribution in [2.75, 3.05) is 0 Å². The summed E-state index contributed by atoms with van der Waals surface area (Å²) in [5.74, 6) is 0. The standard InChI is InChI=1S/C14H17Cl2N3/c1-2-12(17)6-13-8-19(9-18-13)7-10-3-4-11(15)5-14(10)16/h3-5,8-9,12H,2,6-7,17H2,1H3. The molecule has 0 aliphatic heterocycles. The van der Waals surface area contributed by atoms with Crippen LogP contribution in [0.2, 0.25) is 10.0 Å². The van der Waals surface area contributed by atoms with Gasteiger partial charge in [-0.25, -0.2) is 4.98 Å². The molecule has 0 spiro atoms. The first kappa shape index (κ1) is 14.4. The monoisotopic (exact) mass is 297 g/mol. The summed E-state index contributed by atoms with van der Waals surface area (Å²) in [5, 5.41) is 1.32. The molecule has 0 aliphatic carbocycles. The second kappa shape index (κ2) is 6.42. The predicted molar refractivity (Wildman–Crippen MR) is 79.8 cm³/mol. The van der Waals surface area contributed by atoms with E-state index in [9.17, 15) is 0 Å². The Kier molecular flexibility index (Phi) is 4.86. The van der Waals surface area contributed by atoms with Gasteiger partial charge in [0.1, 0.15) is 0 Å². The van der Waals surface area contributed by atoms with E-state index in [2.05, 4.69) is 11.9 Å². The zero-order valence-electron chi connectivity index (χ0n) is 10.8. The molecule has 1 atom stereocenters. The highest BCUT2D eigenvalue weighted by atomic mass is 35.5. The number of halogens is 2. The molecule has 19 heavy (non-hydrogen) atoms. The van der Waals surface area contributed by atoms with Gasteiger partial charge in [-0.3, -0.25) is 0 Å². The van der Waals surface area contributed by atoms with E-state index >= 15 is 0 Å². The van der Waals surface area contributed by atoms with Crippen LogP contribution in [0.25, 0.3) is 0 Å². The van der Waals surface area contributed by atoms with Crippen molar-refractivity contribution in [2.45, 2.75) is 32.4 Å². The SMILES string of the molecule is CCC(N)Cc1cn(Cc2ccc(Cl)cc2Cl)cn1. The van der Waals surface area contributed by atoms with Crippen LogP contribution < -0.4 is 5.73 Å². The summed E-state index contributed by atoms with van der Waals surface area (Å²) in [6.45, 7) is 2.76. The third-order valence-electron chi connectivity index (χ3n) is 3.05. The Labute approximate surface area is 123 Å². The number of aromatic nitrogens is 2. The molecule has 102 valence electrons. The third-order valence-corrected chi connectivity index (χ3v) is 3.64. The van der Waals surface area contributed by atoms with Gasteiger partial charge in [-0.05, 0) is 24.1 Å². The van der Waals surface area contributed by atoms with E-state index in [1.807, 2.05) is 29.2 Å². The van der Waals surface area contributed by atoms with Gasteiger partial charge in [-0.15, -0.1) is 0 Å². The maximum Gasteiger partial charge on any atom is 0.0952 e. The first-order chi connectivity index (χ1) is 9.08. The average molecular weight is 298 g/mol. The van der Waals surface area contributed by atoms with E-state index in [-0.39, 0.29) is 6.04 Å². The van der Waals surface area contributed by atoms with Gasteiger partial charge in [0.2, 0.25) is 0 Å². The van der Waals surface area contributed by atoms with Gasteiger partial charge < -0.3 is 10.3 Å². The van der Waals surface area contributed by atoms with Gasteiger partial charge in [0.25, 0.3) is 0 Å². The Morgan fingerprint density at radius 3 is 2.84 bits per heavy atom. The summed E-state index contributed by atoms with van der Waals surface area (Å²) in [6.07, 6.45) is 5.58. The van der Waals surface area contributed by atoms with E-state index < -0.39 is 0 Å². The molecule has 0 bridgehead atoms. The van der Waals surface area contributed by atoms with Crippen molar-refractivity contribution in [2.24, 2.45) is 5.73 Å². The summed E-state index contributed by atoms with van der Waals surface area (Å²) >= 11 is 12.0. The summed E-state index contributed by atoms with van der Waals surface area (Å²) in [6, 6.07) is 5.70. The lowest BCUT2D eigenvalue weighted by molar-refractivity contribution is 0.638. The third kappa shape index (κ3) is 3.96. The van der Waals surface area contributed by atoms with Crippen LogP contribution >= 0.6 is 23.2 Å². The molecule has 0 fully saturated rings. The minimum Gasteiger partial charge on any atom is -0.333 e. The molecule has 1 aromatic carbocycles. The lowest BCUT2D eigenvalue weighted by atomic mass is 10.1. The Hall–Kier alpha value is -1.03.